The molecule has 1 aliphatic rings. The molecule has 2 aromatic heterocycles. The van der Waals surface area contributed by atoms with Crippen LogP contribution in [-0.4, -0.2) is 34.4 Å². The first kappa shape index (κ1) is 17.7. The van der Waals surface area contributed by atoms with Gasteiger partial charge in [-0.1, -0.05) is 6.08 Å². The fraction of sp³-hybridized carbons (Fsp3) is 0.200. The Hall–Kier alpha value is -3.68. The minimum absolute atomic E-state index is 0.0629. The topological polar surface area (TPSA) is 94.6 Å². The summed E-state index contributed by atoms with van der Waals surface area (Å²) in [7, 11) is 0. The molecule has 142 valence electrons. The van der Waals surface area contributed by atoms with Crippen LogP contribution in [0.2, 0.25) is 0 Å². The number of aromatic nitrogens is 2. The van der Waals surface area contributed by atoms with Gasteiger partial charge in [0.05, 0.1) is 5.69 Å². The molecule has 0 fully saturated rings. The molecule has 4 rings (SSSR count). The smallest absolute Gasteiger partial charge is 0.421 e. The first-order chi connectivity index (χ1) is 13.5. The van der Waals surface area contributed by atoms with E-state index in [0.29, 0.717) is 34.8 Å². The van der Waals surface area contributed by atoms with Crippen LogP contribution >= 0.6 is 0 Å². The zero-order chi connectivity index (χ0) is 19.8. The molecule has 0 saturated carbocycles. The highest BCUT2D eigenvalue weighted by Crippen LogP contribution is 2.34. The molecule has 0 radical (unpaired) electrons. The number of ketones is 1. The molecular weight excluding hydrogens is 362 g/mol. The van der Waals surface area contributed by atoms with Crippen molar-refractivity contribution in [3.05, 3.63) is 65.3 Å². The van der Waals surface area contributed by atoms with Crippen LogP contribution in [0.25, 0.3) is 11.2 Å². The van der Waals surface area contributed by atoms with E-state index < -0.39 is 11.8 Å². The van der Waals surface area contributed by atoms with Crippen LogP contribution in [0, 0.1) is 0 Å². The van der Waals surface area contributed by atoms with Crippen LogP contribution in [0.15, 0.2) is 58.4 Å². The van der Waals surface area contributed by atoms with Gasteiger partial charge < -0.3 is 14.1 Å². The zero-order valence-corrected chi connectivity index (χ0v) is 15.1. The Balaban J connectivity index is 1.74. The summed E-state index contributed by atoms with van der Waals surface area (Å²) in [5.41, 5.74) is 1.46. The Labute approximate surface area is 159 Å². The molecular formula is C20H17N3O5. The molecule has 0 bridgehead atoms. The van der Waals surface area contributed by atoms with E-state index in [-0.39, 0.29) is 18.3 Å². The number of hydrogen-bond donors (Lipinski definition) is 0. The predicted octanol–water partition coefficient (Wildman–Crippen LogP) is 2.34. The molecule has 1 unspecified atom stereocenters. The Kier molecular flexibility index (Phi) is 4.31. The van der Waals surface area contributed by atoms with E-state index in [1.54, 1.807) is 43.3 Å². The van der Waals surface area contributed by atoms with Crippen LogP contribution in [0.4, 0.5) is 5.69 Å². The summed E-state index contributed by atoms with van der Waals surface area (Å²) in [6.07, 6.45) is 3.13. The molecule has 3 heterocycles. The van der Waals surface area contributed by atoms with Gasteiger partial charge in [-0.25, -0.2) is 14.3 Å². The van der Waals surface area contributed by atoms with Gasteiger partial charge in [0, 0.05) is 18.3 Å². The third kappa shape index (κ3) is 2.79. The van der Waals surface area contributed by atoms with Crippen LogP contribution in [-0.2, 0) is 4.79 Å². The van der Waals surface area contributed by atoms with Crippen molar-refractivity contribution in [2.24, 2.45) is 0 Å². The molecule has 0 aliphatic carbocycles. The maximum absolute atomic E-state index is 13.1. The Morgan fingerprint density at radius 1 is 1.36 bits per heavy atom. The Morgan fingerprint density at radius 2 is 2.18 bits per heavy atom. The van der Waals surface area contributed by atoms with E-state index in [2.05, 4.69) is 11.6 Å². The van der Waals surface area contributed by atoms with Crippen LogP contribution in [0.1, 0.15) is 23.3 Å². The number of benzene rings is 1. The van der Waals surface area contributed by atoms with Gasteiger partial charge >= 0.3 is 5.76 Å². The average Bonchev–Trinajstić information content (AvgIpc) is 3.04. The average molecular weight is 379 g/mol. The van der Waals surface area contributed by atoms with Crippen molar-refractivity contribution in [2.45, 2.75) is 13.0 Å². The van der Waals surface area contributed by atoms with Gasteiger partial charge in [-0.15, -0.1) is 6.58 Å². The number of rotatable bonds is 5. The van der Waals surface area contributed by atoms with E-state index in [1.165, 1.54) is 15.7 Å². The van der Waals surface area contributed by atoms with Gasteiger partial charge in [-0.3, -0.25) is 9.59 Å². The summed E-state index contributed by atoms with van der Waals surface area (Å²) in [4.78, 5) is 43.1. The lowest BCUT2D eigenvalue weighted by Gasteiger charge is -2.29. The van der Waals surface area contributed by atoms with E-state index in [0.717, 1.165) is 0 Å². The Bertz CT molecular complexity index is 1160. The molecule has 28 heavy (non-hydrogen) atoms. The number of nitrogens with zero attached hydrogens (tertiary/aromatic N) is 3. The van der Waals surface area contributed by atoms with E-state index in [1.807, 2.05) is 0 Å². The lowest BCUT2D eigenvalue weighted by molar-refractivity contribution is -0.121. The van der Waals surface area contributed by atoms with E-state index in [4.69, 9.17) is 9.15 Å². The van der Waals surface area contributed by atoms with Crippen molar-refractivity contribution < 1.29 is 18.7 Å². The quantitative estimate of drug-likeness (QED) is 0.499. The van der Waals surface area contributed by atoms with Gasteiger partial charge in [0.1, 0.15) is 11.8 Å². The molecule has 1 atom stereocenters. The summed E-state index contributed by atoms with van der Waals surface area (Å²) < 4.78 is 11.8. The van der Waals surface area contributed by atoms with Gasteiger partial charge in [0.2, 0.25) is 0 Å². The summed E-state index contributed by atoms with van der Waals surface area (Å²) >= 11 is 0. The minimum Gasteiger partial charge on any atom is -0.482 e. The number of ether oxygens (including phenoxy) is 1. The van der Waals surface area contributed by atoms with Gasteiger partial charge in [-0.05, 0) is 37.3 Å². The predicted molar refractivity (Wildman–Crippen MR) is 102 cm³/mol. The van der Waals surface area contributed by atoms with Gasteiger partial charge in [-0.2, -0.15) is 0 Å². The molecule has 1 amide bonds. The lowest BCUT2D eigenvalue weighted by atomic mass is 10.0. The molecule has 0 N–H and O–H groups in total. The molecule has 8 nitrogen and oxygen atoms in total. The lowest BCUT2D eigenvalue weighted by Crippen LogP contribution is -2.39. The van der Waals surface area contributed by atoms with Crippen LogP contribution in [0.5, 0.6) is 5.75 Å². The number of fused-ring (bicyclic) bond motifs is 2. The molecule has 0 spiro atoms. The standard InChI is InChI=1S/C20H17N3O5/c1-3-9-22-14-10-13(6-7-15(14)27-11-17(22)24)18(25)12(2)23-19-16(28-20(23)26)5-4-8-21-19/h3-8,10,12H,1,9,11H2,2H3. The van der Waals surface area contributed by atoms with Crippen molar-refractivity contribution in [2.75, 3.05) is 18.1 Å². The van der Waals surface area contributed by atoms with Crippen molar-refractivity contribution in [1.29, 1.82) is 0 Å². The first-order valence-corrected chi connectivity index (χ1v) is 8.69. The normalized spacial score (nSPS) is 14.5. The largest absolute Gasteiger partial charge is 0.482 e. The fourth-order valence-corrected chi connectivity index (χ4v) is 3.26. The number of carbonyl (C=O) groups excluding carboxylic acids is 2. The monoisotopic (exact) mass is 379 g/mol. The summed E-state index contributed by atoms with van der Waals surface area (Å²) in [6.45, 7) is 5.51. The first-order valence-electron chi connectivity index (χ1n) is 8.69. The van der Waals surface area contributed by atoms with Gasteiger partial charge in [0.15, 0.2) is 23.6 Å². The van der Waals surface area contributed by atoms with Crippen molar-refractivity contribution in [3.63, 3.8) is 0 Å². The molecule has 0 saturated heterocycles. The number of oxazole rings is 1. The number of amides is 1. The fourth-order valence-electron chi connectivity index (χ4n) is 3.26. The summed E-state index contributed by atoms with van der Waals surface area (Å²) in [6, 6.07) is 7.28. The second kappa shape index (κ2) is 6.80. The summed E-state index contributed by atoms with van der Waals surface area (Å²) in [5, 5.41) is 0. The highest BCUT2D eigenvalue weighted by atomic mass is 16.5. The number of hydrogen-bond acceptors (Lipinski definition) is 6. The second-order valence-corrected chi connectivity index (χ2v) is 6.37. The van der Waals surface area contributed by atoms with Crippen LogP contribution < -0.4 is 15.4 Å². The van der Waals surface area contributed by atoms with Crippen LogP contribution in [0.3, 0.4) is 0 Å². The van der Waals surface area contributed by atoms with Crippen molar-refractivity contribution in [1.82, 2.24) is 9.55 Å². The maximum atomic E-state index is 13.1. The molecule has 3 aromatic rings. The second-order valence-electron chi connectivity index (χ2n) is 6.37. The number of carbonyl (C=O) groups is 2. The van der Waals surface area contributed by atoms with Gasteiger partial charge in [0.25, 0.3) is 5.91 Å². The summed E-state index contributed by atoms with van der Waals surface area (Å²) in [5.74, 6) is -0.668. The highest BCUT2D eigenvalue weighted by Gasteiger charge is 2.28. The number of pyridine rings is 1. The van der Waals surface area contributed by atoms with Crippen molar-refractivity contribution in [3.8, 4) is 5.75 Å². The van der Waals surface area contributed by atoms with E-state index >= 15 is 0 Å². The molecule has 8 heteroatoms. The Morgan fingerprint density at radius 3 is 2.96 bits per heavy atom. The van der Waals surface area contributed by atoms with E-state index in [9.17, 15) is 14.4 Å². The zero-order valence-electron chi connectivity index (χ0n) is 15.1. The molecule has 1 aliphatic heterocycles. The third-order valence-corrected chi connectivity index (χ3v) is 4.64. The number of anilines is 1. The third-order valence-electron chi connectivity index (χ3n) is 4.64. The minimum atomic E-state index is -0.838. The molecule has 1 aromatic carbocycles. The van der Waals surface area contributed by atoms with Crippen molar-refractivity contribution >= 4 is 28.6 Å². The maximum Gasteiger partial charge on any atom is 0.421 e. The number of Topliss-reactive ketones (excluding diaryl/α,β-unsaturated/α-hetero) is 1. The highest BCUT2D eigenvalue weighted by molar-refractivity contribution is 6.03. The SMILES string of the molecule is C=CCN1C(=O)COc2ccc(C(=O)C(C)n3c(=O)oc4cccnc43)cc21.